The second-order valence-electron chi connectivity index (χ2n) is 8.27. The number of benzene rings is 2. The fourth-order valence-corrected chi connectivity index (χ4v) is 3.99. The number of carboxylic acid groups (broad SMARTS) is 1. The minimum absolute atomic E-state index is 0.00381. The van der Waals surface area contributed by atoms with Gasteiger partial charge in [-0.2, -0.15) is 0 Å². The Kier molecular flexibility index (Phi) is 8.61. The SMILES string of the molecule is CC(OCc1ccccc1)C(NC(=O)[C@@]1(CO)CCCN1C(=O)O)C(=O)OCc1ccccc1. The van der Waals surface area contributed by atoms with Crippen LogP contribution in [0.3, 0.4) is 0 Å². The van der Waals surface area contributed by atoms with Crippen LogP contribution >= 0.6 is 0 Å². The minimum atomic E-state index is -1.66. The van der Waals surface area contributed by atoms with Gasteiger partial charge in [0.05, 0.1) is 19.3 Å². The van der Waals surface area contributed by atoms with E-state index in [2.05, 4.69) is 5.32 Å². The van der Waals surface area contributed by atoms with Crippen molar-refractivity contribution < 1.29 is 34.1 Å². The van der Waals surface area contributed by atoms with Gasteiger partial charge in [0.1, 0.15) is 12.1 Å². The summed E-state index contributed by atoms with van der Waals surface area (Å²) in [6, 6.07) is 17.2. The Balaban J connectivity index is 1.76. The maximum absolute atomic E-state index is 13.2. The Morgan fingerprint density at radius 1 is 1.03 bits per heavy atom. The molecular formula is C25H30N2O7. The molecule has 0 aromatic heterocycles. The molecule has 9 nitrogen and oxygen atoms in total. The van der Waals surface area contributed by atoms with Crippen molar-refractivity contribution >= 4 is 18.0 Å². The monoisotopic (exact) mass is 470 g/mol. The van der Waals surface area contributed by atoms with Crippen molar-refractivity contribution in [2.24, 2.45) is 0 Å². The summed E-state index contributed by atoms with van der Waals surface area (Å²) in [5.41, 5.74) is -0.00151. The van der Waals surface area contributed by atoms with Gasteiger partial charge in [-0.3, -0.25) is 9.69 Å². The van der Waals surface area contributed by atoms with Gasteiger partial charge in [-0.25, -0.2) is 9.59 Å². The van der Waals surface area contributed by atoms with Gasteiger partial charge < -0.3 is 25.0 Å². The Morgan fingerprint density at radius 2 is 1.62 bits per heavy atom. The average molecular weight is 471 g/mol. The summed E-state index contributed by atoms with van der Waals surface area (Å²) in [7, 11) is 0. The van der Waals surface area contributed by atoms with Crippen molar-refractivity contribution in [1.29, 1.82) is 0 Å². The van der Waals surface area contributed by atoms with Gasteiger partial charge in [0.25, 0.3) is 0 Å². The third-order valence-corrected chi connectivity index (χ3v) is 5.99. The zero-order valence-corrected chi connectivity index (χ0v) is 19.1. The van der Waals surface area contributed by atoms with E-state index in [0.717, 1.165) is 16.0 Å². The molecule has 34 heavy (non-hydrogen) atoms. The van der Waals surface area contributed by atoms with Crippen LogP contribution in [0.15, 0.2) is 60.7 Å². The number of amides is 2. The first kappa shape index (κ1) is 25.2. The molecule has 3 N–H and O–H groups in total. The number of aliphatic hydroxyl groups is 1. The highest BCUT2D eigenvalue weighted by atomic mass is 16.5. The topological polar surface area (TPSA) is 125 Å². The number of aliphatic hydroxyl groups excluding tert-OH is 1. The summed E-state index contributed by atoms with van der Waals surface area (Å²) < 4.78 is 11.3. The molecule has 2 aromatic carbocycles. The zero-order chi connectivity index (χ0) is 24.6. The predicted octanol–water partition coefficient (Wildman–Crippen LogP) is 2.32. The van der Waals surface area contributed by atoms with E-state index in [1.54, 1.807) is 19.1 Å². The fourth-order valence-electron chi connectivity index (χ4n) is 3.99. The largest absolute Gasteiger partial charge is 0.465 e. The first-order valence-corrected chi connectivity index (χ1v) is 11.2. The van der Waals surface area contributed by atoms with Crippen LogP contribution in [0.2, 0.25) is 0 Å². The predicted molar refractivity (Wildman–Crippen MR) is 123 cm³/mol. The Bertz CT molecular complexity index is 970. The molecule has 1 saturated heterocycles. The molecule has 2 unspecified atom stereocenters. The molecule has 0 radical (unpaired) electrons. The fraction of sp³-hybridized carbons (Fsp3) is 0.400. The third kappa shape index (κ3) is 5.92. The van der Waals surface area contributed by atoms with Crippen LogP contribution in [0.5, 0.6) is 0 Å². The lowest BCUT2D eigenvalue weighted by atomic mass is 9.95. The second-order valence-corrected chi connectivity index (χ2v) is 8.27. The average Bonchev–Trinajstić information content (AvgIpc) is 3.31. The maximum Gasteiger partial charge on any atom is 0.408 e. The summed E-state index contributed by atoms with van der Waals surface area (Å²) >= 11 is 0. The van der Waals surface area contributed by atoms with Gasteiger partial charge in [0.15, 0.2) is 6.04 Å². The number of likely N-dealkylation sites (tertiary alicyclic amines) is 1. The first-order chi connectivity index (χ1) is 16.4. The summed E-state index contributed by atoms with van der Waals surface area (Å²) in [6.45, 7) is 1.26. The molecule has 2 amide bonds. The van der Waals surface area contributed by atoms with E-state index in [1.165, 1.54) is 0 Å². The van der Waals surface area contributed by atoms with Gasteiger partial charge in [0, 0.05) is 6.54 Å². The molecule has 3 rings (SSSR count). The lowest BCUT2D eigenvalue weighted by Gasteiger charge is -2.35. The number of ether oxygens (including phenoxy) is 2. The number of nitrogens with one attached hydrogen (secondary N) is 1. The van der Waals surface area contributed by atoms with Crippen LogP contribution in [0, 0.1) is 0 Å². The number of carbonyl (C=O) groups excluding carboxylic acids is 2. The van der Waals surface area contributed by atoms with Crippen molar-refractivity contribution in [2.75, 3.05) is 13.2 Å². The van der Waals surface area contributed by atoms with E-state index in [-0.39, 0.29) is 26.2 Å². The van der Waals surface area contributed by atoms with Gasteiger partial charge in [-0.1, -0.05) is 60.7 Å². The van der Waals surface area contributed by atoms with Crippen molar-refractivity contribution in [2.45, 2.75) is 50.7 Å². The standard InChI is InChI=1S/C25H30N2O7/c1-18(33-15-19-9-4-2-5-10-19)21(22(29)34-16-20-11-6-3-7-12-20)26-23(30)25(17-28)13-8-14-27(25)24(31)32/h2-7,9-12,18,21,28H,8,13-17H2,1H3,(H,26,30)(H,31,32)/t18?,21?,25-/m0/s1. The molecule has 0 spiro atoms. The van der Waals surface area contributed by atoms with Crippen LogP contribution in [-0.2, 0) is 32.3 Å². The molecule has 182 valence electrons. The molecule has 3 atom stereocenters. The van der Waals surface area contributed by atoms with Gasteiger partial charge in [-0.05, 0) is 30.9 Å². The Labute approximate surface area is 198 Å². The number of carbonyl (C=O) groups is 3. The molecule has 0 saturated carbocycles. The van der Waals surface area contributed by atoms with Crippen LogP contribution in [-0.4, -0.2) is 63.9 Å². The third-order valence-electron chi connectivity index (χ3n) is 5.99. The van der Waals surface area contributed by atoms with Crippen molar-refractivity contribution in [3.63, 3.8) is 0 Å². The van der Waals surface area contributed by atoms with Gasteiger partial charge in [0.2, 0.25) is 5.91 Å². The molecular weight excluding hydrogens is 440 g/mol. The Morgan fingerprint density at radius 3 is 2.18 bits per heavy atom. The molecule has 1 heterocycles. The van der Waals surface area contributed by atoms with E-state index in [1.807, 2.05) is 48.5 Å². The molecule has 1 aliphatic rings. The number of hydrogen-bond donors (Lipinski definition) is 3. The maximum atomic E-state index is 13.2. The number of nitrogens with zero attached hydrogens (tertiary/aromatic N) is 1. The first-order valence-electron chi connectivity index (χ1n) is 11.2. The van der Waals surface area contributed by atoms with E-state index in [4.69, 9.17) is 9.47 Å². The molecule has 0 bridgehead atoms. The molecule has 2 aromatic rings. The van der Waals surface area contributed by atoms with E-state index in [0.29, 0.717) is 6.42 Å². The highest BCUT2D eigenvalue weighted by Gasteiger charge is 2.51. The lowest BCUT2D eigenvalue weighted by Crippen LogP contribution is -2.63. The molecule has 1 fully saturated rings. The van der Waals surface area contributed by atoms with Crippen LogP contribution in [0.1, 0.15) is 30.9 Å². The van der Waals surface area contributed by atoms with Crippen LogP contribution in [0.25, 0.3) is 0 Å². The summed E-state index contributed by atoms with van der Waals surface area (Å²) in [5, 5.41) is 22.1. The lowest BCUT2D eigenvalue weighted by molar-refractivity contribution is -0.155. The van der Waals surface area contributed by atoms with Crippen molar-refractivity contribution in [1.82, 2.24) is 10.2 Å². The Hall–Kier alpha value is -3.43. The normalized spacial score (nSPS) is 19.3. The van der Waals surface area contributed by atoms with E-state index < -0.39 is 42.3 Å². The minimum Gasteiger partial charge on any atom is -0.465 e. The summed E-state index contributed by atoms with van der Waals surface area (Å²) in [5.74, 6) is -1.47. The number of hydrogen-bond acceptors (Lipinski definition) is 6. The van der Waals surface area contributed by atoms with Crippen LogP contribution < -0.4 is 5.32 Å². The number of rotatable bonds is 10. The summed E-state index contributed by atoms with van der Waals surface area (Å²) in [4.78, 5) is 38.9. The smallest absolute Gasteiger partial charge is 0.408 e. The van der Waals surface area contributed by atoms with Crippen molar-refractivity contribution in [3.8, 4) is 0 Å². The number of esters is 1. The second kappa shape index (κ2) is 11.6. The summed E-state index contributed by atoms with van der Waals surface area (Å²) in [6.07, 6.45) is -1.53. The highest BCUT2D eigenvalue weighted by molar-refractivity contribution is 5.93. The van der Waals surface area contributed by atoms with Crippen LogP contribution in [0.4, 0.5) is 4.79 Å². The zero-order valence-electron chi connectivity index (χ0n) is 19.1. The van der Waals surface area contributed by atoms with Gasteiger partial charge >= 0.3 is 12.1 Å². The molecule has 9 heteroatoms. The molecule has 0 aliphatic carbocycles. The van der Waals surface area contributed by atoms with Gasteiger partial charge in [-0.15, -0.1) is 0 Å². The quantitative estimate of drug-likeness (QED) is 0.455. The van der Waals surface area contributed by atoms with E-state index in [9.17, 15) is 24.6 Å². The molecule has 1 aliphatic heterocycles. The van der Waals surface area contributed by atoms with E-state index >= 15 is 0 Å². The highest BCUT2D eigenvalue weighted by Crippen LogP contribution is 2.30. The van der Waals surface area contributed by atoms with Crippen molar-refractivity contribution in [3.05, 3.63) is 71.8 Å².